The number of hydrogen-bond donors (Lipinski definition) is 1. The van der Waals surface area contributed by atoms with Crippen molar-refractivity contribution in [1.29, 1.82) is 0 Å². The Balaban J connectivity index is 1.97. The molecule has 1 N–H and O–H groups in total. The second-order valence-electron chi connectivity index (χ2n) is 7.28. The molecule has 128 valence electrons. The van der Waals surface area contributed by atoms with Crippen LogP contribution in [0.3, 0.4) is 0 Å². The van der Waals surface area contributed by atoms with Gasteiger partial charge in [0.25, 0.3) is 0 Å². The molecule has 0 bridgehead atoms. The van der Waals surface area contributed by atoms with E-state index in [9.17, 15) is 0 Å². The van der Waals surface area contributed by atoms with Gasteiger partial charge in [0, 0.05) is 19.6 Å². The monoisotopic (exact) mass is 322 g/mol. The molecule has 1 saturated heterocycles. The van der Waals surface area contributed by atoms with Crippen LogP contribution in [0.2, 0.25) is 0 Å². The molecule has 0 aliphatic carbocycles. The van der Waals surface area contributed by atoms with E-state index in [2.05, 4.69) is 79.5 Å². The molecule has 0 spiro atoms. The van der Waals surface area contributed by atoms with Crippen molar-refractivity contribution in [3.8, 4) is 0 Å². The van der Waals surface area contributed by atoms with Gasteiger partial charge < -0.3 is 5.32 Å². The number of hydrogen-bond acceptors (Lipinski definition) is 2. The van der Waals surface area contributed by atoms with E-state index in [-0.39, 0.29) is 0 Å². The third kappa shape index (κ3) is 4.06. The maximum absolute atomic E-state index is 3.53. The summed E-state index contributed by atoms with van der Waals surface area (Å²) in [6, 6.07) is 18.6. The van der Waals surface area contributed by atoms with E-state index >= 15 is 0 Å². The third-order valence-electron chi connectivity index (χ3n) is 5.02. The van der Waals surface area contributed by atoms with Gasteiger partial charge in [-0.2, -0.15) is 0 Å². The Labute approximate surface area is 146 Å². The van der Waals surface area contributed by atoms with E-state index in [4.69, 9.17) is 0 Å². The fourth-order valence-electron chi connectivity index (χ4n) is 3.64. The standard InChI is InChI=1S/C22H30N2/c1-17(2)19-8-10-20(11-9-19)22(21-7-4-6-18(3)16-21)24-14-5-12-23-13-15-24/h4,6-11,16-17,22-23H,5,12-15H2,1-3H3. The molecule has 0 radical (unpaired) electrons. The van der Waals surface area contributed by atoms with Gasteiger partial charge in [-0.3, -0.25) is 4.90 Å². The largest absolute Gasteiger partial charge is 0.315 e. The summed E-state index contributed by atoms with van der Waals surface area (Å²) in [5.41, 5.74) is 5.57. The lowest BCUT2D eigenvalue weighted by Crippen LogP contribution is -2.33. The van der Waals surface area contributed by atoms with Gasteiger partial charge in [0.1, 0.15) is 0 Å². The molecule has 1 atom stereocenters. The zero-order valence-electron chi connectivity index (χ0n) is 15.3. The molecule has 1 fully saturated rings. The first-order valence-electron chi connectivity index (χ1n) is 9.26. The van der Waals surface area contributed by atoms with E-state index < -0.39 is 0 Å². The van der Waals surface area contributed by atoms with Gasteiger partial charge in [0.2, 0.25) is 0 Å². The number of nitrogens with zero attached hydrogens (tertiary/aromatic N) is 1. The summed E-state index contributed by atoms with van der Waals surface area (Å²) in [7, 11) is 0. The lowest BCUT2D eigenvalue weighted by atomic mass is 9.93. The predicted octanol–water partition coefficient (Wildman–Crippen LogP) is 4.50. The highest BCUT2D eigenvalue weighted by Crippen LogP contribution is 2.30. The van der Waals surface area contributed by atoms with Crippen LogP contribution >= 0.6 is 0 Å². The molecule has 3 rings (SSSR count). The Morgan fingerprint density at radius 3 is 2.33 bits per heavy atom. The summed E-state index contributed by atoms with van der Waals surface area (Å²) in [5.74, 6) is 0.582. The van der Waals surface area contributed by atoms with E-state index in [0.29, 0.717) is 12.0 Å². The van der Waals surface area contributed by atoms with Crippen molar-refractivity contribution >= 4 is 0 Å². The zero-order chi connectivity index (χ0) is 16.9. The smallest absolute Gasteiger partial charge is 0.0602 e. The Bertz CT molecular complexity index is 637. The van der Waals surface area contributed by atoms with Crippen molar-refractivity contribution < 1.29 is 0 Å². The minimum Gasteiger partial charge on any atom is -0.315 e. The van der Waals surface area contributed by atoms with Gasteiger partial charge in [-0.1, -0.05) is 67.9 Å². The Hall–Kier alpha value is -1.64. The second kappa shape index (κ2) is 7.96. The highest BCUT2D eigenvalue weighted by atomic mass is 15.2. The van der Waals surface area contributed by atoms with Gasteiger partial charge in [-0.15, -0.1) is 0 Å². The van der Waals surface area contributed by atoms with E-state index in [0.717, 1.165) is 26.2 Å². The summed E-state index contributed by atoms with van der Waals surface area (Å²) >= 11 is 0. The van der Waals surface area contributed by atoms with Crippen LogP contribution in [-0.2, 0) is 0 Å². The number of benzene rings is 2. The second-order valence-corrected chi connectivity index (χ2v) is 7.28. The van der Waals surface area contributed by atoms with Crippen LogP contribution in [-0.4, -0.2) is 31.1 Å². The first kappa shape index (κ1) is 17.2. The molecule has 1 heterocycles. The summed E-state index contributed by atoms with van der Waals surface area (Å²) < 4.78 is 0. The number of nitrogens with one attached hydrogen (secondary N) is 1. The van der Waals surface area contributed by atoms with Crippen molar-refractivity contribution in [2.24, 2.45) is 0 Å². The molecule has 2 heteroatoms. The molecular weight excluding hydrogens is 292 g/mol. The molecule has 2 aromatic rings. The van der Waals surface area contributed by atoms with E-state index in [1.165, 1.54) is 28.7 Å². The maximum Gasteiger partial charge on any atom is 0.0602 e. The Kier molecular flexibility index (Phi) is 5.70. The Morgan fingerprint density at radius 1 is 0.875 bits per heavy atom. The van der Waals surface area contributed by atoms with Crippen molar-refractivity contribution in [1.82, 2.24) is 10.2 Å². The maximum atomic E-state index is 3.53. The van der Waals surface area contributed by atoms with Crippen molar-refractivity contribution in [3.63, 3.8) is 0 Å². The van der Waals surface area contributed by atoms with Crippen LogP contribution in [0.15, 0.2) is 48.5 Å². The third-order valence-corrected chi connectivity index (χ3v) is 5.02. The van der Waals surface area contributed by atoms with E-state index in [1.54, 1.807) is 0 Å². The van der Waals surface area contributed by atoms with Crippen LogP contribution in [0.5, 0.6) is 0 Å². The van der Waals surface area contributed by atoms with Crippen molar-refractivity contribution in [2.45, 2.75) is 39.2 Å². The topological polar surface area (TPSA) is 15.3 Å². The molecule has 2 aromatic carbocycles. The highest BCUT2D eigenvalue weighted by Gasteiger charge is 2.23. The van der Waals surface area contributed by atoms with Crippen LogP contribution in [0, 0.1) is 6.92 Å². The predicted molar refractivity (Wildman–Crippen MR) is 103 cm³/mol. The lowest BCUT2D eigenvalue weighted by molar-refractivity contribution is 0.241. The Morgan fingerprint density at radius 2 is 1.62 bits per heavy atom. The minimum absolute atomic E-state index is 0.353. The number of aryl methyl sites for hydroxylation is 1. The quantitative estimate of drug-likeness (QED) is 0.891. The zero-order valence-corrected chi connectivity index (χ0v) is 15.3. The minimum atomic E-state index is 0.353. The highest BCUT2D eigenvalue weighted by molar-refractivity contribution is 5.36. The van der Waals surface area contributed by atoms with Crippen molar-refractivity contribution in [2.75, 3.05) is 26.2 Å². The normalized spacial score (nSPS) is 17.7. The summed E-state index contributed by atoms with van der Waals surface area (Å²) in [5, 5.41) is 3.53. The summed E-state index contributed by atoms with van der Waals surface area (Å²) in [4.78, 5) is 2.64. The van der Waals surface area contributed by atoms with Gasteiger partial charge in [0.15, 0.2) is 0 Å². The lowest BCUT2D eigenvalue weighted by Gasteiger charge is -2.31. The van der Waals surface area contributed by atoms with Crippen LogP contribution in [0.1, 0.15) is 54.5 Å². The molecule has 2 nitrogen and oxygen atoms in total. The van der Waals surface area contributed by atoms with Gasteiger partial charge in [0.05, 0.1) is 6.04 Å². The number of rotatable bonds is 4. The van der Waals surface area contributed by atoms with Crippen LogP contribution in [0.25, 0.3) is 0 Å². The van der Waals surface area contributed by atoms with E-state index in [1.807, 2.05) is 0 Å². The van der Waals surface area contributed by atoms with Crippen LogP contribution < -0.4 is 5.32 Å². The van der Waals surface area contributed by atoms with Crippen molar-refractivity contribution in [3.05, 3.63) is 70.8 Å². The fourth-order valence-corrected chi connectivity index (χ4v) is 3.64. The molecule has 24 heavy (non-hydrogen) atoms. The van der Waals surface area contributed by atoms with Gasteiger partial charge in [-0.05, 0) is 42.5 Å². The SMILES string of the molecule is Cc1cccc(C(c2ccc(C(C)C)cc2)N2CCCNCC2)c1. The van der Waals surface area contributed by atoms with Crippen LogP contribution in [0.4, 0.5) is 0 Å². The molecule has 0 saturated carbocycles. The van der Waals surface area contributed by atoms with Gasteiger partial charge in [-0.25, -0.2) is 0 Å². The van der Waals surface area contributed by atoms with Gasteiger partial charge >= 0.3 is 0 Å². The average molecular weight is 322 g/mol. The fraction of sp³-hybridized carbons (Fsp3) is 0.455. The first-order chi connectivity index (χ1) is 11.6. The average Bonchev–Trinajstić information content (AvgIpc) is 2.85. The molecule has 1 aliphatic heterocycles. The molecular formula is C22H30N2. The summed E-state index contributed by atoms with van der Waals surface area (Å²) in [6.07, 6.45) is 1.21. The first-order valence-corrected chi connectivity index (χ1v) is 9.26. The molecule has 0 aromatic heterocycles. The summed E-state index contributed by atoms with van der Waals surface area (Å²) in [6.45, 7) is 11.2. The molecule has 1 unspecified atom stereocenters. The molecule has 1 aliphatic rings. The molecule has 0 amide bonds.